The summed E-state index contributed by atoms with van der Waals surface area (Å²) in [7, 11) is 0. The number of carbonyl (C=O) groups excluding carboxylic acids is 1. The van der Waals surface area contributed by atoms with Crippen molar-refractivity contribution in [2.24, 2.45) is 0 Å². The maximum Gasteiger partial charge on any atom is 0.411 e. The zero-order valence-corrected chi connectivity index (χ0v) is 14.3. The summed E-state index contributed by atoms with van der Waals surface area (Å²) < 4.78 is 42.1. The molecule has 0 spiro atoms. The number of hydrogen-bond donors (Lipinski definition) is 1. The highest BCUT2D eigenvalue weighted by Gasteiger charge is 2.44. The summed E-state index contributed by atoms with van der Waals surface area (Å²) in [6, 6.07) is 0. The van der Waals surface area contributed by atoms with Gasteiger partial charge in [-0.25, -0.2) is 9.59 Å². The highest BCUT2D eigenvalue weighted by atomic mass is 19.4. The maximum absolute atomic E-state index is 12.3. The van der Waals surface area contributed by atoms with Crippen molar-refractivity contribution in [1.82, 2.24) is 4.90 Å². The van der Waals surface area contributed by atoms with Crippen LogP contribution in [0, 0.1) is 0 Å². The van der Waals surface area contributed by atoms with Crippen molar-refractivity contribution >= 4 is 12.1 Å². The summed E-state index contributed by atoms with van der Waals surface area (Å²) in [6.45, 7) is 7.99. The van der Waals surface area contributed by atoms with Gasteiger partial charge in [0.2, 0.25) is 0 Å². The van der Waals surface area contributed by atoms with Crippen molar-refractivity contribution in [1.29, 1.82) is 0 Å². The molecule has 1 N–H and O–H groups in total. The van der Waals surface area contributed by atoms with Gasteiger partial charge in [-0.3, -0.25) is 4.90 Å². The first-order valence-electron chi connectivity index (χ1n) is 7.53. The number of carboxylic acid groups (broad SMARTS) is 1. The fraction of sp³-hybridized carbons (Fsp3) is 0.867. The second-order valence-corrected chi connectivity index (χ2v) is 6.68. The highest BCUT2D eigenvalue weighted by Crippen LogP contribution is 2.29. The van der Waals surface area contributed by atoms with Crippen LogP contribution in [0.5, 0.6) is 0 Å². The third-order valence-electron chi connectivity index (χ3n) is 3.24. The van der Waals surface area contributed by atoms with Gasteiger partial charge in [0.25, 0.3) is 0 Å². The number of halogens is 3. The first kappa shape index (κ1) is 21.5. The molecule has 0 bridgehead atoms. The molecule has 0 aromatic heterocycles. The van der Waals surface area contributed by atoms with Crippen molar-refractivity contribution in [2.45, 2.75) is 77.6 Å². The fourth-order valence-corrected chi connectivity index (χ4v) is 2.07. The lowest BCUT2D eigenvalue weighted by atomic mass is 9.92. The second kappa shape index (κ2) is 7.88. The number of alkyl halides is 3. The number of rotatable bonds is 7. The fourth-order valence-electron chi connectivity index (χ4n) is 2.07. The Kier molecular flexibility index (Phi) is 7.37. The van der Waals surface area contributed by atoms with Gasteiger partial charge in [0.15, 0.2) is 0 Å². The molecule has 0 rings (SSSR count). The third kappa shape index (κ3) is 7.56. The van der Waals surface area contributed by atoms with Crippen LogP contribution in [0.2, 0.25) is 0 Å². The molecule has 0 heterocycles. The van der Waals surface area contributed by atoms with Crippen LogP contribution in [0.25, 0.3) is 0 Å². The number of carboxylic acids is 1. The molecule has 1 amide bonds. The summed E-state index contributed by atoms with van der Waals surface area (Å²) in [4.78, 5) is 24.9. The third-order valence-corrected chi connectivity index (χ3v) is 3.24. The largest absolute Gasteiger partial charge is 0.480 e. The average molecular weight is 341 g/mol. The van der Waals surface area contributed by atoms with Gasteiger partial charge in [0.1, 0.15) is 11.1 Å². The Morgan fingerprint density at radius 1 is 1.09 bits per heavy atom. The lowest BCUT2D eigenvalue weighted by molar-refractivity contribution is -0.153. The SMILES string of the molecule is CCCN(C(=O)OC(C)(C)C)C(C)(CCCC(F)(F)F)C(=O)O. The molecule has 1 atom stereocenters. The molecule has 0 radical (unpaired) electrons. The Morgan fingerprint density at radius 3 is 1.96 bits per heavy atom. The molecule has 0 saturated heterocycles. The quantitative estimate of drug-likeness (QED) is 0.753. The zero-order valence-electron chi connectivity index (χ0n) is 14.3. The second-order valence-electron chi connectivity index (χ2n) is 6.68. The first-order valence-corrected chi connectivity index (χ1v) is 7.53. The van der Waals surface area contributed by atoms with Crippen LogP contribution in [0.1, 0.15) is 60.3 Å². The van der Waals surface area contributed by atoms with Crippen molar-refractivity contribution in [3.8, 4) is 0 Å². The van der Waals surface area contributed by atoms with E-state index in [1.807, 2.05) is 0 Å². The van der Waals surface area contributed by atoms with Gasteiger partial charge in [-0.1, -0.05) is 6.92 Å². The first-order chi connectivity index (χ1) is 10.2. The van der Waals surface area contributed by atoms with E-state index in [1.165, 1.54) is 6.92 Å². The molecule has 5 nitrogen and oxygen atoms in total. The standard InChI is InChI=1S/C15H26F3NO4/c1-6-10-19(12(22)23-13(2,3)4)14(5,11(20)21)8-7-9-15(16,17)18/h6-10H2,1-5H3,(H,20,21). The predicted octanol–water partition coefficient (Wildman–Crippen LogP) is 4.21. The molecule has 136 valence electrons. The van der Waals surface area contributed by atoms with Crippen LogP contribution in [0.3, 0.4) is 0 Å². The normalized spacial score (nSPS) is 15.0. The highest BCUT2D eigenvalue weighted by molar-refractivity contribution is 5.84. The van der Waals surface area contributed by atoms with E-state index in [2.05, 4.69) is 0 Å². The summed E-state index contributed by atoms with van der Waals surface area (Å²) in [5.74, 6) is -1.35. The van der Waals surface area contributed by atoms with Gasteiger partial charge in [-0.05, 0) is 47.0 Å². The number of hydrogen-bond acceptors (Lipinski definition) is 3. The summed E-state index contributed by atoms with van der Waals surface area (Å²) in [5, 5.41) is 9.48. The molecule has 1 unspecified atom stereocenters. The average Bonchev–Trinajstić information content (AvgIpc) is 2.31. The number of aliphatic carboxylic acids is 1. The molecule has 0 fully saturated rings. The van der Waals surface area contributed by atoms with Gasteiger partial charge in [0, 0.05) is 13.0 Å². The van der Waals surface area contributed by atoms with E-state index in [0.717, 1.165) is 4.90 Å². The van der Waals surface area contributed by atoms with Crippen LogP contribution >= 0.6 is 0 Å². The molecule has 8 heteroatoms. The summed E-state index contributed by atoms with van der Waals surface area (Å²) in [5.41, 5.74) is -2.57. The monoisotopic (exact) mass is 341 g/mol. The van der Waals surface area contributed by atoms with Crippen LogP contribution < -0.4 is 0 Å². The van der Waals surface area contributed by atoms with Crippen LogP contribution in [-0.4, -0.2) is 45.9 Å². The Bertz CT molecular complexity index is 418. The van der Waals surface area contributed by atoms with E-state index < -0.39 is 35.8 Å². The Hall–Kier alpha value is -1.47. The molecular formula is C15H26F3NO4. The summed E-state index contributed by atoms with van der Waals surface area (Å²) >= 11 is 0. The topological polar surface area (TPSA) is 66.8 Å². The summed E-state index contributed by atoms with van der Waals surface area (Å²) in [6.07, 6.45) is -6.51. The number of ether oxygens (including phenoxy) is 1. The van der Waals surface area contributed by atoms with Crippen molar-refractivity contribution in [3.63, 3.8) is 0 Å². The van der Waals surface area contributed by atoms with E-state index in [0.29, 0.717) is 6.42 Å². The number of carbonyl (C=O) groups is 2. The van der Waals surface area contributed by atoms with Crippen LogP contribution in [0.15, 0.2) is 0 Å². The van der Waals surface area contributed by atoms with E-state index in [4.69, 9.17) is 4.74 Å². The lowest BCUT2D eigenvalue weighted by Gasteiger charge is -2.38. The maximum atomic E-state index is 12.3. The van der Waals surface area contributed by atoms with Gasteiger partial charge in [-0.2, -0.15) is 13.2 Å². The van der Waals surface area contributed by atoms with Gasteiger partial charge < -0.3 is 9.84 Å². The van der Waals surface area contributed by atoms with Crippen molar-refractivity contribution in [2.75, 3.05) is 6.54 Å². The van der Waals surface area contributed by atoms with Gasteiger partial charge >= 0.3 is 18.2 Å². The minimum absolute atomic E-state index is 0.0870. The van der Waals surface area contributed by atoms with Gasteiger partial charge in [-0.15, -0.1) is 0 Å². The molecule has 23 heavy (non-hydrogen) atoms. The van der Waals surface area contributed by atoms with Crippen LogP contribution in [-0.2, 0) is 9.53 Å². The van der Waals surface area contributed by atoms with Crippen LogP contribution in [0.4, 0.5) is 18.0 Å². The molecule has 0 aliphatic heterocycles. The molecule has 0 saturated carbocycles. The Morgan fingerprint density at radius 2 is 1.61 bits per heavy atom. The van der Waals surface area contributed by atoms with E-state index in [9.17, 15) is 27.9 Å². The van der Waals surface area contributed by atoms with Crippen molar-refractivity contribution in [3.05, 3.63) is 0 Å². The molecular weight excluding hydrogens is 315 g/mol. The molecule has 0 aliphatic carbocycles. The number of amides is 1. The molecule has 0 aromatic rings. The zero-order chi connectivity index (χ0) is 18.5. The minimum atomic E-state index is -4.36. The molecule has 0 aromatic carbocycles. The van der Waals surface area contributed by atoms with E-state index >= 15 is 0 Å². The van der Waals surface area contributed by atoms with Crippen molar-refractivity contribution < 1.29 is 32.6 Å². The molecule has 0 aliphatic rings. The Labute approximate surface area is 134 Å². The smallest absolute Gasteiger partial charge is 0.411 e. The van der Waals surface area contributed by atoms with Gasteiger partial charge in [0.05, 0.1) is 0 Å². The Balaban J connectivity index is 5.29. The lowest BCUT2D eigenvalue weighted by Crippen LogP contribution is -2.56. The van der Waals surface area contributed by atoms with E-state index in [1.54, 1.807) is 27.7 Å². The predicted molar refractivity (Wildman–Crippen MR) is 79.2 cm³/mol. The minimum Gasteiger partial charge on any atom is -0.480 e. The van der Waals surface area contributed by atoms with E-state index in [-0.39, 0.29) is 19.4 Å². The number of nitrogens with zero attached hydrogens (tertiary/aromatic N) is 1.